The molecule has 1 aliphatic rings. The predicted molar refractivity (Wildman–Crippen MR) is 39.9 cm³/mol. The van der Waals surface area contributed by atoms with E-state index in [1.54, 1.807) is 6.08 Å². The number of urea groups is 1. The molecule has 1 saturated heterocycles. The van der Waals surface area contributed by atoms with E-state index in [0.717, 1.165) is 6.42 Å². The standard InChI is InChI=1S/C7H10N2O2/c1-2-3-4-9-5-6(10)8-7(9)11/h2H,1,3-5H2,(H,8,10,11). The lowest BCUT2D eigenvalue weighted by atomic mass is 10.4. The van der Waals surface area contributed by atoms with Crippen LogP contribution in [0.15, 0.2) is 12.7 Å². The first-order chi connectivity index (χ1) is 5.24. The molecule has 11 heavy (non-hydrogen) atoms. The van der Waals surface area contributed by atoms with E-state index in [1.807, 2.05) is 0 Å². The summed E-state index contributed by atoms with van der Waals surface area (Å²) in [6.45, 7) is 4.28. The highest BCUT2D eigenvalue weighted by Crippen LogP contribution is 1.98. The minimum atomic E-state index is -0.295. The van der Waals surface area contributed by atoms with Crippen LogP contribution in [0.1, 0.15) is 6.42 Å². The van der Waals surface area contributed by atoms with Gasteiger partial charge in [0.15, 0.2) is 0 Å². The molecular formula is C7H10N2O2. The minimum absolute atomic E-state index is 0.187. The highest BCUT2D eigenvalue weighted by molar-refractivity contribution is 6.01. The van der Waals surface area contributed by atoms with E-state index in [-0.39, 0.29) is 18.5 Å². The van der Waals surface area contributed by atoms with Gasteiger partial charge >= 0.3 is 6.03 Å². The lowest BCUT2D eigenvalue weighted by Gasteiger charge is -2.09. The van der Waals surface area contributed by atoms with Crippen LogP contribution in [0.25, 0.3) is 0 Å². The van der Waals surface area contributed by atoms with Gasteiger partial charge in [-0.3, -0.25) is 10.1 Å². The van der Waals surface area contributed by atoms with Crippen LogP contribution in [0, 0.1) is 0 Å². The maximum atomic E-state index is 10.9. The summed E-state index contributed by atoms with van der Waals surface area (Å²) in [6, 6.07) is -0.295. The van der Waals surface area contributed by atoms with Crippen LogP contribution in [-0.2, 0) is 4.79 Å². The van der Waals surface area contributed by atoms with Gasteiger partial charge in [-0.1, -0.05) is 6.08 Å². The van der Waals surface area contributed by atoms with Crippen molar-refractivity contribution in [2.75, 3.05) is 13.1 Å². The van der Waals surface area contributed by atoms with Crippen molar-refractivity contribution in [3.8, 4) is 0 Å². The Labute approximate surface area is 64.9 Å². The molecule has 0 aromatic heterocycles. The third kappa shape index (κ3) is 1.80. The van der Waals surface area contributed by atoms with Gasteiger partial charge in [-0.2, -0.15) is 0 Å². The average Bonchev–Trinajstić information content (AvgIpc) is 2.26. The van der Waals surface area contributed by atoms with Crippen LogP contribution in [0.5, 0.6) is 0 Å². The van der Waals surface area contributed by atoms with Crippen molar-refractivity contribution in [2.24, 2.45) is 0 Å². The number of carbonyl (C=O) groups excluding carboxylic acids is 2. The number of hydrogen-bond acceptors (Lipinski definition) is 2. The molecule has 60 valence electrons. The number of nitrogens with zero attached hydrogens (tertiary/aromatic N) is 1. The second-order valence-corrected chi connectivity index (χ2v) is 2.35. The molecule has 0 saturated carbocycles. The summed E-state index contributed by atoms with van der Waals surface area (Å²) < 4.78 is 0. The Morgan fingerprint density at radius 2 is 2.36 bits per heavy atom. The third-order valence-electron chi connectivity index (χ3n) is 1.47. The SMILES string of the molecule is C=CCCN1CC(=O)NC1=O. The molecular weight excluding hydrogens is 144 g/mol. The van der Waals surface area contributed by atoms with E-state index in [2.05, 4.69) is 11.9 Å². The van der Waals surface area contributed by atoms with Crippen LogP contribution >= 0.6 is 0 Å². The largest absolute Gasteiger partial charge is 0.324 e. The summed E-state index contributed by atoms with van der Waals surface area (Å²) >= 11 is 0. The Morgan fingerprint density at radius 3 is 2.82 bits per heavy atom. The Morgan fingerprint density at radius 1 is 1.64 bits per heavy atom. The molecule has 0 aromatic carbocycles. The van der Waals surface area contributed by atoms with E-state index in [4.69, 9.17) is 0 Å². The van der Waals surface area contributed by atoms with Crippen molar-refractivity contribution < 1.29 is 9.59 Å². The number of rotatable bonds is 3. The molecule has 3 amide bonds. The second kappa shape index (κ2) is 3.18. The Kier molecular flexibility index (Phi) is 2.25. The zero-order valence-corrected chi connectivity index (χ0v) is 6.17. The van der Waals surface area contributed by atoms with Gasteiger partial charge < -0.3 is 4.90 Å². The van der Waals surface area contributed by atoms with Crippen molar-refractivity contribution in [1.29, 1.82) is 0 Å². The maximum absolute atomic E-state index is 10.9. The molecule has 1 N–H and O–H groups in total. The number of nitrogens with one attached hydrogen (secondary N) is 1. The molecule has 0 unspecified atom stereocenters. The quantitative estimate of drug-likeness (QED) is 0.463. The molecule has 0 bridgehead atoms. The fourth-order valence-corrected chi connectivity index (χ4v) is 0.911. The third-order valence-corrected chi connectivity index (χ3v) is 1.47. The zero-order chi connectivity index (χ0) is 8.27. The summed E-state index contributed by atoms with van der Waals surface area (Å²) in [5, 5.41) is 2.19. The van der Waals surface area contributed by atoms with Gasteiger partial charge in [-0.25, -0.2) is 4.79 Å². The van der Waals surface area contributed by atoms with Gasteiger partial charge in [0.2, 0.25) is 5.91 Å². The number of carbonyl (C=O) groups is 2. The van der Waals surface area contributed by atoms with Crippen molar-refractivity contribution in [2.45, 2.75) is 6.42 Å². The molecule has 1 rings (SSSR count). The Bertz CT molecular complexity index is 201. The van der Waals surface area contributed by atoms with Gasteiger partial charge in [0, 0.05) is 6.54 Å². The molecule has 1 heterocycles. The van der Waals surface area contributed by atoms with Crippen LogP contribution in [0.4, 0.5) is 4.79 Å². The topological polar surface area (TPSA) is 49.4 Å². The average molecular weight is 154 g/mol. The van der Waals surface area contributed by atoms with Gasteiger partial charge in [-0.05, 0) is 6.42 Å². The highest BCUT2D eigenvalue weighted by Gasteiger charge is 2.25. The maximum Gasteiger partial charge on any atom is 0.324 e. The van der Waals surface area contributed by atoms with Crippen LogP contribution in [0.2, 0.25) is 0 Å². The van der Waals surface area contributed by atoms with Gasteiger partial charge in [0.25, 0.3) is 0 Å². The predicted octanol–water partition coefficient (Wildman–Crippen LogP) is 0.114. The minimum Gasteiger partial charge on any atom is -0.315 e. The van der Waals surface area contributed by atoms with Gasteiger partial charge in [0.05, 0.1) is 0 Å². The summed E-state index contributed by atoms with van der Waals surface area (Å²) in [4.78, 5) is 22.9. The fourth-order valence-electron chi connectivity index (χ4n) is 0.911. The monoisotopic (exact) mass is 154 g/mol. The van der Waals surface area contributed by atoms with Gasteiger partial charge in [0.1, 0.15) is 6.54 Å². The molecule has 0 spiro atoms. The Balaban J connectivity index is 2.40. The summed E-state index contributed by atoms with van der Waals surface area (Å²) in [5.74, 6) is -0.223. The first-order valence-corrected chi connectivity index (χ1v) is 3.43. The second-order valence-electron chi connectivity index (χ2n) is 2.35. The van der Waals surface area contributed by atoms with Crippen molar-refractivity contribution >= 4 is 11.9 Å². The number of imide groups is 1. The first-order valence-electron chi connectivity index (χ1n) is 3.43. The molecule has 4 nitrogen and oxygen atoms in total. The lowest BCUT2D eigenvalue weighted by Crippen LogP contribution is -2.28. The van der Waals surface area contributed by atoms with E-state index < -0.39 is 0 Å². The van der Waals surface area contributed by atoms with Gasteiger partial charge in [-0.15, -0.1) is 6.58 Å². The smallest absolute Gasteiger partial charge is 0.315 e. The molecule has 0 radical (unpaired) electrons. The van der Waals surface area contributed by atoms with Crippen LogP contribution in [0.3, 0.4) is 0 Å². The zero-order valence-electron chi connectivity index (χ0n) is 6.17. The molecule has 4 heteroatoms. The molecule has 0 aliphatic carbocycles. The first kappa shape index (κ1) is 7.78. The molecule has 0 atom stereocenters. The van der Waals surface area contributed by atoms with E-state index >= 15 is 0 Å². The van der Waals surface area contributed by atoms with E-state index in [9.17, 15) is 9.59 Å². The summed E-state index contributed by atoms with van der Waals surface area (Å²) in [5.41, 5.74) is 0. The highest BCUT2D eigenvalue weighted by atomic mass is 16.2. The molecule has 0 aromatic rings. The van der Waals surface area contributed by atoms with Crippen LogP contribution in [-0.4, -0.2) is 29.9 Å². The van der Waals surface area contributed by atoms with Crippen molar-refractivity contribution in [3.05, 3.63) is 12.7 Å². The Hall–Kier alpha value is -1.32. The van der Waals surface area contributed by atoms with E-state index in [0.29, 0.717) is 6.54 Å². The van der Waals surface area contributed by atoms with E-state index in [1.165, 1.54) is 4.90 Å². The summed E-state index contributed by atoms with van der Waals surface area (Å²) in [7, 11) is 0. The van der Waals surface area contributed by atoms with Crippen molar-refractivity contribution in [3.63, 3.8) is 0 Å². The number of amides is 3. The van der Waals surface area contributed by atoms with Crippen molar-refractivity contribution in [1.82, 2.24) is 10.2 Å². The fraction of sp³-hybridized carbons (Fsp3) is 0.429. The molecule has 1 aliphatic heterocycles. The number of hydrogen-bond donors (Lipinski definition) is 1. The normalized spacial score (nSPS) is 16.9. The molecule has 1 fully saturated rings. The summed E-state index contributed by atoms with van der Waals surface area (Å²) in [6.07, 6.45) is 2.44. The van der Waals surface area contributed by atoms with Crippen LogP contribution < -0.4 is 5.32 Å². The lowest BCUT2D eigenvalue weighted by molar-refractivity contribution is -0.118.